The van der Waals surface area contributed by atoms with Crippen LogP contribution in [0.15, 0.2) is 0 Å². The Balaban J connectivity index is 2.32. The highest BCUT2D eigenvalue weighted by molar-refractivity contribution is 6.45. The van der Waals surface area contributed by atoms with Gasteiger partial charge in [-0.2, -0.15) is 0 Å². The van der Waals surface area contributed by atoms with Gasteiger partial charge in [0.05, 0.1) is 0 Å². The first kappa shape index (κ1) is 8.09. The van der Waals surface area contributed by atoms with E-state index in [1.807, 2.05) is 6.82 Å². The molecule has 1 atom stereocenters. The van der Waals surface area contributed by atoms with E-state index in [2.05, 4.69) is 11.7 Å². The maximum Gasteiger partial charge on any atom is 0.376 e. The molecule has 1 rings (SSSR count). The van der Waals surface area contributed by atoms with Crippen molar-refractivity contribution in [1.29, 1.82) is 0 Å². The van der Waals surface area contributed by atoms with Gasteiger partial charge in [0.25, 0.3) is 0 Å². The lowest BCUT2D eigenvalue weighted by atomic mass is 9.81. The van der Waals surface area contributed by atoms with E-state index in [9.17, 15) is 5.02 Å². The normalized spacial score (nSPS) is 28.5. The summed E-state index contributed by atoms with van der Waals surface area (Å²) >= 11 is 0. The third-order valence-electron chi connectivity index (χ3n) is 2.22. The second-order valence-corrected chi connectivity index (χ2v) is 3.37. The van der Waals surface area contributed by atoms with Gasteiger partial charge in [0.1, 0.15) is 0 Å². The first-order valence-corrected chi connectivity index (χ1v) is 4.12. The molecule has 10 heavy (non-hydrogen) atoms. The molecule has 0 aromatic heterocycles. The summed E-state index contributed by atoms with van der Waals surface area (Å²) in [5.74, 6) is 0.767. The van der Waals surface area contributed by atoms with Crippen LogP contribution >= 0.6 is 0 Å². The van der Waals surface area contributed by atoms with Crippen molar-refractivity contribution < 1.29 is 5.02 Å². The molecular weight excluding hydrogens is 125 g/mol. The molecule has 58 valence electrons. The van der Waals surface area contributed by atoms with Gasteiger partial charge in [0, 0.05) is 0 Å². The van der Waals surface area contributed by atoms with E-state index in [0.717, 1.165) is 19.0 Å². The van der Waals surface area contributed by atoms with E-state index >= 15 is 0 Å². The number of hydrogen-bond donors (Lipinski definition) is 1. The van der Waals surface area contributed by atoms with Crippen LogP contribution in [0.3, 0.4) is 0 Å². The smallest absolute Gasteiger partial charge is 0.376 e. The van der Waals surface area contributed by atoms with E-state index in [1.54, 1.807) is 0 Å². The molecule has 0 amide bonds. The number of rotatable bonds is 1. The van der Waals surface area contributed by atoms with E-state index in [0.29, 0.717) is 0 Å². The first-order chi connectivity index (χ1) is 4.70. The van der Waals surface area contributed by atoms with Gasteiger partial charge in [-0.1, -0.05) is 6.92 Å². The van der Waals surface area contributed by atoms with E-state index < -0.39 is 0 Å². The van der Waals surface area contributed by atoms with Crippen molar-refractivity contribution in [3.05, 3.63) is 0 Å². The maximum atomic E-state index is 9.22. The van der Waals surface area contributed by atoms with Crippen molar-refractivity contribution in [2.75, 3.05) is 13.1 Å². The van der Waals surface area contributed by atoms with Gasteiger partial charge >= 0.3 is 7.05 Å². The van der Waals surface area contributed by atoms with Crippen LogP contribution in [0.1, 0.15) is 19.8 Å². The third-order valence-corrected chi connectivity index (χ3v) is 2.22. The minimum Gasteiger partial charge on any atom is -0.437 e. The van der Waals surface area contributed by atoms with Gasteiger partial charge in [-0.15, -0.1) is 0 Å². The molecule has 1 saturated heterocycles. The lowest BCUT2D eigenvalue weighted by Gasteiger charge is -2.31. The topological polar surface area (TPSA) is 23.5 Å². The minimum atomic E-state index is -0.247. The minimum absolute atomic E-state index is 0.247. The summed E-state index contributed by atoms with van der Waals surface area (Å²) < 4.78 is 0. The Hall–Kier alpha value is -0.0151. The van der Waals surface area contributed by atoms with Crippen LogP contribution in [-0.4, -0.2) is 30.0 Å². The SMILES string of the molecule is CB(O)N1CCCC(C)C1. The average Bonchev–Trinajstić information content (AvgIpc) is 1.88. The van der Waals surface area contributed by atoms with Crippen molar-refractivity contribution in [3.63, 3.8) is 0 Å². The lowest BCUT2D eigenvalue weighted by Crippen LogP contribution is -2.43. The summed E-state index contributed by atoms with van der Waals surface area (Å²) in [6, 6.07) is 0. The molecule has 0 aliphatic carbocycles. The monoisotopic (exact) mass is 141 g/mol. The van der Waals surface area contributed by atoms with Gasteiger partial charge in [0.15, 0.2) is 0 Å². The zero-order valence-corrected chi connectivity index (χ0v) is 6.88. The summed E-state index contributed by atoms with van der Waals surface area (Å²) in [6.07, 6.45) is 2.56. The van der Waals surface area contributed by atoms with E-state index in [-0.39, 0.29) is 7.05 Å². The predicted octanol–water partition coefficient (Wildman–Crippen LogP) is 0.829. The second-order valence-electron chi connectivity index (χ2n) is 3.37. The van der Waals surface area contributed by atoms with Crippen molar-refractivity contribution in [1.82, 2.24) is 4.81 Å². The molecule has 1 unspecified atom stereocenters. The van der Waals surface area contributed by atoms with Gasteiger partial charge < -0.3 is 9.83 Å². The first-order valence-electron chi connectivity index (χ1n) is 4.12. The summed E-state index contributed by atoms with van der Waals surface area (Å²) in [6.45, 7) is 6.23. The molecule has 1 heterocycles. The van der Waals surface area contributed by atoms with Crippen LogP contribution in [0.4, 0.5) is 0 Å². The molecule has 0 saturated carbocycles. The molecule has 3 heteroatoms. The Bertz CT molecular complexity index is 108. The molecule has 1 N–H and O–H groups in total. The number of piperidine rings is 1. The molecule has 0 aromatic carbocycles. The molecule has 0 bridgehead atoms. The highest BCUT2D eigenvalue weighted by Gasteiger charge is 2.21. The zero-order valence-electron chi connectivity index (χ0n) is 6.88. The van der Waals surface area contributed by atoms with Crippen LogP contribution in [0.5, 0.6) is 0 Å². The van der Waals surface area contributed by atoms with Crippen molar-refractivity contribution in [2.45, 2.75) is 26.6 Å². The van der Waals surface area contributed by atoms with E-state index in [4.69, 9.17) is 0 Å². The van der Waals surface area contributed by atoms with E-state index in [1.165, 1.54) is 12.8 Å². The molecular formula is C7H16BNO. The Morgan fingerprint density at radius 2 is 2.30 bits per heavy atom. The van der Waals surface area contributed by atoms with Crippen LogP contribution in [0.2, 0.25) is 6.82 Å². The molecule has 0 spiro atoms. The third kappa shape index (κ3) is 1.99. The molecule has 0 radical (unpaired) electrons. The summed E-state index contributed by atoms with van der Waals surface area (Å²) in [5.41, 5.74) is 0. The fraction of sp³-hybridized carbons (Fsp3) is 1.00. The quantitative estimate of drug-likeness (QED) is 0.546. The summed E-state index contributed by atoms with van der Waals surface area (Å²) in [5, 5.41) is 9.22. The predicted molar refractivity (Wildman–Crippen MR) is 43.8 cm³/mol. The maximum absolute atomic E-state index is 9.22. The number of hydrogen-bond acceptors (Lipinski definition) is 2. The molecule has 0 aromatic rings. The number of nitrogens with zero attached hydrogens (tertiary/aromatic N) is 1. The fourth-order valence-corrected chi connectivity index (χ4v) is 1.57. The fourth-order valence-electron chi connectivity index (χ4n) is 1.57. The molecule has 1 fully saturated rings. The highest BCUT2D eigenvalue weighted by Crippen LogP contribution is 2.15. The van der Waals surface area contributed by atoms with Gasteiger partial charge in [-0.05, 0) is 38.7 Å². The van der Waals surface area contributed by atoms with Gasteiger partial charge in [-0.25, -0.2) is 0 Å². The van der Waals surface area contributed by atoms with Gasteiger partial charge in [-0.3, -0.25) is 0 Å². The molecule has 2 nitrogen and oxygen atoms in total. The van der Waals surface area contributed by atoms with Gasteiger partial charge in [0.2, 0.25) is 0 Å². The molecule has 1 aliphatic heterocycles. The largest absolute Gasteiger partial charge is 0.437 e. The van der Waals surface area contributed by atoms with Crippen LogP contribution < -0.4 is 0 Å². The average molecular weight is 141 g/mol. The second kappa shape index (κ2) is 3.40. The Kier molecular flexibility index (Phi) is 2.75. The van der Waals surface area contributed by atoms with Crippen molar-refractivity contribution >= 4 is 7.05 Å². The molecule has 1 aliphatic rings. The zero-order chi connectivity index (χ0) is 7.56. The Labute approximate surface area is 63.4 Å². The highest BCUT2D eigenvalue weighted by atomic mass is 16.2. The van der Waals surface area contributed by atoms with Crippen molar-refractivity contribution in [3.8, 4) is 0 Å². The van der Waals surface area contributed by atoms with Crippen LogP contribution in [0.25, 0.3) is 0 Å². The lowest BCUT2D eigenvalue weighted by molar-refractivity contribution is 0.255. The van der Waals surface area contributed by atoms with Crippen LogP contribution in [-0.2, 0) is 0 Å². The Morgan fingerprint density at radius 1 is 1.60 bits per heavy atom. The summed E-state index contributed by atoms with van der Waals surface area (Å²) in [7, 11) is -0.247. The van der Waals surface area contributed by atoms with Crippen molar-refractivity contribution in [2.24, 2.45) is 5.92 Å². The Morgan fingerprint density at radius 3 is 2.70 bits per heavy atom. The summed E-state index contributed by atoms with van der Waals surface area (Å²) in [4.78, 5) is 2.13. The standard InChI is InChI=1S/C7H16BNO/c1-7-4-3-5-9(6-7)8(2)10/h7,10H,3-6H2,1-2H3. The van der Waals surface area contributed by atoms with Crippen LogP contribution in [0, 0.1) is 5.92 Å².